The van der Waals surface area contributed by atoms with Crippen LogP contribution in [0.25, 0.3) is 17.1 Å². The van der Waals surface area contributed by atoms with Gasteiger partial charge in [-0.1, -0.05) is 11.6 Å². The molecule has 0 radical (unpaired) electrons. The number of amides is 3. The number of nitrogens with zero attached hydrogens (tertiary/aromatic N) is 8. The van der Waals surface area contributed by atoms with E-state index in [1.807, 2.05) is 0 Å². The number of carboxylic acid groups (broad SMARTS) is 1. The molecule has 0 atom stereocenters. The summed E-state index contributed by atoms with van der Waals surface area (Å²) in [7, 11) is 1.42. The first-order chi connectivity index (χ1) is 30.7. The average molecular weight is 909 g/mol. The van der Waals surface area contributed by atoms with Gasteiger partial charge in [0.2, 0.25) is 5.91 Å². The zero-order chi connectivity index (χ0) is 45.2. The van der Waals surface area contributed by atoms with Gasteiger partial charge in [-0.3, -0.25) is 14.4 Å². The highest BCUT2D eigenvalue weighted by Gasteiger charge is 2.42. The molecule has 4 fully saturated rings. The normalized spacial score (nSPS) is 21.0. The van der Waals surface area contributed by atoms with Crippen LogP contribution >= 0.6 is 11.6 Å². The van der Waals surface area contributed by atoms with Gasteiger partial charge in [0.25, 0.3) is 11.8 Å². The maximum atomic E-state index is 14.4. The second kappa shape index (κ2) is 18.9. The van der Waals surface area contributed by atoms with Crippen LogP contribution in [0.5, 0.6) is 0 Å². The average Bonchev–Trinajstić information content (AvgIpc) is 3.89. The van der Waals surface area contributed by atoms with Crippen molar-refractivity contribution >= 4 is 46.7 Å². The van der Waals surface area contributed by atoms with Crippen molar-refractivity contribution in [2.45, 2.75) is 31.9 Å². The molecule has 21 heteroatoms. The molecule has 17 nitrogen and oxygen atoms in total. The number of carbonyl (C=O) groups is 4. The quantitative estimate of drug-likeness (QED) is 0.144. The number of nitrogens with one attached hydrogen (secondary N) is 4. The lowest BCUT2D eigenvalue weighted by Gasteiger charge is -2.47. The Labute approximate surface area is 372 Å². The molecule has 1 aromatic carbocycles. The van der Waals surface area contributed by atoms with E-state index in [-0.39, 0.29) is 63.5 Å². The molecule has 3 aromatic heterocycles. The number of alkyl halides is 3. The maximum Gasteiger partial charge on any atom is 0.435 e. The number of piperazine rings is 1. The molecule has 4 aliphatic heterocycles. The Morgan fingerprint density at radius 2 is 1.61 bits per heavy atom. The van der Waals surface area contributed by atoms with E-state index in [4.69, 9.17) is 11.6 Å². The van der Waals surface area contributed by atoms with Gasteiger partial charge in [-0.05, 0) is 62.2 Å². The lowest BCUT2D eigenvalue weighted by atomic mass is 9.90. The van der Waals surface area contributed by atoms with E-state index >= 15 is 0 Å². The molecule has 7 heterocycles. The van der Waals surface area contributed by atoms with Crippen molar-refractivity contribution < 1.29 is 41.9 Å². The van der Waals surface area contributed by atoms with Crippen molar-refractivity contribution in [3.8, 4) is 17.1 Å². The molecule has 8 rings (SSSR count). The van der Waals surface area contributed by atoms with Crippen LogP contribution in [0.1, 0.15) is 52.4 Å². The molecule has 4 aliphatic rings. The predicted octanol–water partition coefficient (Wildman–Crippen LogP) is 2.48. The van der Waals surface area contributed by atoms with Crippen LogP contribution in [-0.4, -0.2) is 147 Å². The van der Waals surface area contributed by atoms with Crippen LogP contribution in [0.4, 0.5) is 24.5 Å². The smallest absolute Gasteiger partial charge is 0.435 e. The van der Waals surface area contributed by atoms with Crippen LogP contribution in [0, 0.1) is 17.8 Å². The number of pyridine rings is 1. The molecule has 4 saturated heterocycles. The van der Waals surface area contributed by atoms with Crippen LogP contribution in [0.15, 0.2) is 48.9 Å². The van der Waals surface area contributed by atoms with Gasteiger partial charge in [0.15, 0.2) is 17.3 Å². The highest BCUT2D eigenvalue weighted by atomic mass is 35.5. The van der Waals surface area contributed by atoms with Crippen molar-refractivity contribution in [1.29, 1.82) is 0 Å². The molecule has 4 aromatic rings. The number of benzene rings is 1. The van der Waals surface area contributed by atoms with E-state index in [2.05, 4.69) is 36.3 Å². The topological polar surface area (TPSA) is 194 Å². The van der Waals surface area contributed by atoms with Crippen molar-refractivity contribution in [1.82, 2.24) is 44.7 Å². The third-order valence-electron chi connectivity index (χ3n) is 13.1. The third-order valence-corrected chi connectivity index (χ3v) is 13.4. The number of hydrogen-bond donors (Lipinski definition) is 4. The van der Waals surface area contributed by atoms with Gasteiger partial charge in [-0.15, -0.1) is 0 Å². The van der Waals surface area contributed by atoms with E-state index in [0.29, 0.717) is 68.4 Å². The molecule has 3 amide bonds. The maximum absolute atomic E-state index is 14.4. The van der Waals surface area contributed by atoms with Crippen LogP contribution < -0.4 is 26.4 Å². The summed E-state index contributed by atoms with van der Waals surface area (Å²) in [5.74, 6) is -1.38. The van der Waals surface area contributed by atoms with E-state index in [0.717, 1.165) is 62.5 Å². The first-order valence-electron chi connectivity index (χ1n) is 21.7. The second-order valence-corrected chi connectivity index (χ2v) is 17.8. The van der Waals surface area contributed by atoms with Crippen molar-refractivity contribution in [2.24, 2.45) is 24.8 Å². The zero-order valence-corrected chi connectivity index (χ0v) is 36.3. The number of aliphatic carboxylic acids is 1. The summed E-state index contributed by atoms with van der Waals surface area (Å²) in [5, 5.41) is 28.1. The number of piperidine rings is 2. The highest BCUT2D eigenvalue weighted by Crippen LogP contribution is 2.37. The summed E-state index contributed by atoms with van der Waals surface area (Å²) < 4.78 is 45.8. The molecule has 342 valence electrons. The number of halogens is 4. The van der Waals surface area contributed by atoms with Crippen molar-refractivity contribution in [2.75, 3.05) is 95.7 Å². The number of quaternary nitrogens is 1. The molecule has 64 heavy (non-hydrogen) atoms. The summed E-state index contributed by atoms with van der Waals surface area (Å²) in [6.07, 6.45) is 2.41. The Balaban J connectivity index is 0.863. The molecule has 0 bridgehead atoms. The van der Waals surface area contributed by atoms with E-state index in [9.17, 15) is 37.5 Å². The number of hydrogen-bond acceptors (Lipinski definition) is 11. The van der Waals surface area contributed by atoms with E-state index < -0.39 is 23.7 Å². The van der Waals surface area contributed by atoms with Gasteiger partial charge in [0, 0.05) is 89.4 Å². The lowest BCUT2D eigenvalue weighted by Crippen LogP contribution is -2.63. The molecule has 0 spiro atoms. The highest BCUT2D eigenvalue weighted by molar-refractivity contribution is 6.34. The number of aromatic nitrogens is 5. The third kappa shape index (κ3) is 10.0. The number of imidazole rings is 1. The van der Waals surface area contributed by atoms with Gasteiger partial charge in [-0.25, -0.2) is 14.6 Å². The van der Waals surface area contributed by atoms with Crippen LogP contribution in [0.2, 0.25) is 5.02 Å². The second-order valence-electron chi connectivity index (χ2n) is 17.4. The number of carbonyl (C=O) groups excluding carboxylic acids is 4. The molecule has 0 saturated carbocycles. The lowest BCUT2D eigenvalue weighted by molar-refractivity contribution is -0.931. The van der Waals surface area contributed by atoms with Crippen LogP contribution in [0.3, 0.4) is 0 Å². The van der Waals surface area contributed by atoms with Gasteiger partial charge in [0.05, 0.1) is 65.5 Å². The van der Waals surface area contributed by atoms with Crippen LogP contribution in [-0.2, 0) is 22.8 Å². The summed E-state index contributed by atoms with van der Waals surface area (Å²) in [6, 6.07) is 7.71. The summed E-state index contributed by atoms with van der Waals surface area (Å²) in [4.78, 5) is 64.0. The Morgan fingerprint density at radius 1 is 0.906 bits per heavy atom. The number of likely N-dealkylation sites (tertiary alicyclic amines) is 1. The van der Waals surface area contributed by atoms with E-state index in [1.165, 1.54) is 42.2 Å². The van der Waals surface area contributed by atoms with Crippen molar-refractivity contribution in [3.05, 3.63) is 71.0 Å². The minimum atomic E-state index is -4.83. The fourth-order valence-electron chi connectivity index (χ4n) is 9.31. The van der Waals surface area contributed by atoms with E-state index in [1.54, 1.807) is 28.1 Å². The molecular weight excluding hydrogens is 857 g/mol. The van der Waals surface area contributed by atoms with Gasteiger partial charge < -0.3 is 50.0 Å². The predicted molar refractivity (Wildman–Crippen MR) is 228 cm³/mol. The first-order valence-corrected chi connectivity index (χ1v) is 22.1. The minimum absolute atomic E-state index is 0.00421. The number of carboxylic acids is 1. The monoisotopic (exact) mass is 908 g/mol. The Morgan fingerprint density at radius 3 is 2.23 bits per heavy atom. The van der Waals surface area contributed by atoms with Crippen molar-refractivity contribution in [3.63, 3.8) is 0 Å². The van der Waals surface area contributed by atoms with Gasteiger partial charge >= 0.3 is 6.18 Å². The largest absolute Gasteiger partial charge is 0.544 e. The Kier molecular flexibility index (Phi) is 13.3. The zero-order valence-electron chi connectivity index (χ0n) is 35.5. The standard InChI is InChI=1S/C43H52ClF3N12O5/c1-55-35(33-24-58(54-38(33)43(45,46)47)36-5-3-31(22-51-36)50-21-27-6-10-48-11-7-27)23-52-39(55)40(62)53-30-2-4-32(34(44)18-30)42(64)57-14-12-56(13-15-57)41(63)29-8-16-59(17-9-29,26-37(60)61)25-28-19-49-20-28/h2-5,18,22-24,27-29,48-50H,6-17,19-21,25-26H2,1H3,(H-,53,60,61,62,64). The molecular formula is C43H52ClF3N12O5. The van der Waals surface area contributed by atoms with Gasteiger partial charge in [0.1, 0.15) is 6.54 Å². The molecule has 0 unspecified atom stereocenters. The Bertz CT molecular complexity index is 2350. The Hall–Kier alpha value is -5.57. The summed E-state index contributed by atoms with van der Waals surface area (Å²) in [5.41, 5.74) is -0.296. The fourth-order valence-corrected chi connectivity index (χ4v) is 9.57. The minimum Gasteiger partial charge on any atom is -0.544 e. The van der Waals surface area contributed by atoms with Gasteiger partial charge in [-0.2, -0.15) is 18.3 Å². The summed E-state index contributed by atoms with van der Waals surface area (Å²) in [6.45, 7) is 7.66. The number of rotatable bonds is 13. The molecule has 0 aliphatic carbocycles. The fraction of sp³-hybridized carbons (Fsp3) is 0.512. The number of anilines is 2. The SMILES string of the molecule is Cn1c(-c2cn(-c3ccc(NCC4CCNCC4)cn3)nc2C(F)(F)F)cnc1C(=O)Nc1ccc(C(=O)N2CCN(C(=O)C3CC[N+](CC(=O)[O-])(CC4CNC4)CC3)CC2)c(Cl)c1. The molecule has 4 N–H and O–H groups in total. The summed E-state index contributed by atoms with van der Waals surface area (Å²) >= 11 is 6.58. The first kappa shape index (κ1) is 45.0.